The normalized spacial score (nSPS) is 17.4. The number of nitrogens with two attached hydrogens (primary N) is 1. The molecule has 0 aliphatic carbocycles. The predicted molar refractivity (Wildman–Crippen MR) is 84.0 cm³/mol. The molecule has 1 saturated heterocycles. The monoisotopic (exact) mass is 298 g/mol. The molecular formula is C17H18N2O3. The van der Waals surface area contributed by atoms with E-state index in [-0.39, 0.29) is 12.1 Å². The van der Waals surface area contributed by atoms with E-state index in [2.05, 4.69) is 0 Å². The van der Waals surface area contributed by atoms with Gasteiger partial charge in [-0.1, -0.05) is 12.1 Å². The van der Waals surface area contributed by atoms with Crippen molar-refractivity contribution in [1.29, 1.82) is 0 Å². The highest BCUT2D eigenvalue weighted by atomic mass is 16.6. The summed E-state index contributed by atoms with van der Waals surface area (Å²) in [5.41, 5.74) is 7.49. The smallest absolute Gasteiger partial charge is 0.409 e. The summed E-state index contributed by atoms with van der Waals surface area (Å²) in [5.74, 6) is 1.51. The average molecular weight is 298 g/mol. The van der Waals surface area contributed by atoms with Crippen LogP contribution in [0.5, 0.6) is 11.5 Å². The third-order valence-electron chi connectivity index (χ3n) is 3.75. The predicted octanol–water partition coefficient (Wildman–Crippen LogP) is 3.05. The standard InChI is InChI=1S/C17H18N2O3/c1-19-14(11-21-17(19)20)10-12-2-6-15(7-3-12)22-16-8-4-13(18)5-9-16/h2-9,14H,10-11,18H2,1H3/t14-/m0/s1. The van der Waals surface area contributed by atoms with E-state index >= 15 is 0 Å². The molecule has 2 aromatic carbocycles. The first kappa shape index (κ1) is 14.3. The fourth-order valence-electron chi connectivity index (χ4n) is 2.36. The zero-order valence-electron chi connectivity index (χ0n) is 12.4. The van der Waals surface area contributed by atoms with Crippen molar-refractivity contribution in [3.05, 3.63) is 54.1 Å². The number of carbonyl (C=O) groups excluding carboxylic acids is 1. The maximum atomic E-state index is 11.3. The average Bonchev–Trinajstić information content (AvgIpc) is 2.84. The molecule has 1 fully saturated rings. The van der Waals surface area contributed by atoms with Gasteiger partial charge in [0.05, 0.1) is 6.04 Å². The van der Waals surface area contributed by atoms with E-state index < -0.39 is 0 Å². The van der Waals surface area contributed by atoms with Crippen molar-refractivity contribution in [3.8, 4) is 11.5 Å². The van der Waals surface area contributed by atoms with Crippen LogP contribution in [0, 0.1) is 0 Å². The lowest BCUT2D eigenvalue weighted by molar-refractivity contribution is 0.163. The highest BCUT2D eigenvalue weighted by Crippen LogP contribution is 2.23. The van der Waals surface area contributed by atoms with E-state index in [1.807, 2.05) is 36.4 Å². The number of hydrogen-bond acceptors (Lipinski definition) is 4. The van der Waals surface area contributed by atoms with Gasteiger partial charge in [-0.05, 0) is 48.4 Å². The van der Waals surface area contributed by atoms with E-state index in [4.69, 9.17) is 15.2 Å². The first-order valence-electron chi connectivity index (χ1n) is 7.14. The maximum Gasteiger partial charge on any atom is 0.409 e. The van der Waals surface area contributed by atoms with Crippen LogP contribution in [0.4, 0.5) is 10.5 Å². The van der Waals surface area contributed by atoms with Crippen molar-refractivity contribution >= 4 is 11.8 Å². The highest BCUT2D eigenvalue weighted by molar-refractivity contribution is 5.69. The van der Waals surface area contributed by atoms with Crippen LogP contribution in [-0.2, 0) is 11.2 Å². The van der Waals surface area contributed by atoms with Crippen molar-refractivity contribution < 1.29 is 14.3 Å². The zero-order chi connectivity index (χ0) is 15.5. The Morgan fingerprint density at radius 2 is 1.73 bits per heavy atom. The molecule has 2 aromatic rings. The van der Waals surface area contributed by atoms with Gasteiger partial charge in [0.15, 0.2) is 0 Å². The van der Waals surface area contributed by atoms with Gasteiger partial charge in [0.2, 0.25) is 0 Å². The van der Waals surface area contributed by atoms with Crippen LogP contribution in [0.3, 0.4) is 0 Å². The minimum absolute atomic E-state index is 0.0939. The summed E-state index contributed by atoms with van der Waals surface area (Å²) in [6, 6.07) is 15.2. The number of hydrogen-bond donors (Lipinski definition) is 1. The number of anilines is 1. The topological polar surface area (TPSA) is 64.8 Å². The van der Waals surface area contributed by atoms with E-state index in [0.29, 0.717) is 12.3 Å². The lowest BCUT2D eigenvalue weighted by atomic mass is 10.1. The number of nitrogens with zero attached hydrogens (tertiary/aromatic N) is 1. The van der Waals surface area contributed by atoms with Crippen molar-refractivity contribution in [2.24, 2.45) is 0 Å². The quantitative estimate of drug-likeness (QED) is 0.881. The van der Waals surface area contributed by atoms with Gasteiger partial charge in [0.1, 0.15) is 18.1 Å². The molecule has 0 unspecified atom stereocenters. The van der Waals surface area contributed by atoms with Crippen molar-refractivity contribution in [3.63, 3.8) is 0 Å². The van der Waals surface area contributed by atoms with Gasteiger partial charge in [0.25, 0.3) is 0 Å². The first-order chi connectivity index (χ1) is 10.6. The van der Waals surface area contributed by atoms with Crippen molar-refractivity contribution in [2.75, 3.05) is 19.4 Å². The van der Waals surface area contributed by atoms with Crippen molar-refractivity contribution in [1.82, 2.24) is 4.90 Å². The third kappa shape index (κ3) is 3.14. The molecule has 0 aromatic heterocycles. The number of cyclic esters (lactones) is 1. The lowest BCUT2D eigenvalue weighted by Crippen LogP contribution is -2.30. The van der Waals surface area contributed by atoms with Crippen molar-refractivity contribution in [2.45, 2.75) is 12.5 Å². The van der Waals surface area contributed by atoms with E-state index in [9.17, 15) is 4.79 Å². The van der Waals surface area contributed by atoms with Gasteiger partial charge in [-0.3, -0.25) is 0 Å². The summed E-state index contributed by atoms with van der Waals surface area (Å²) in [7, 11) is 1.76. The second-order valence-electron chi connectivity index (χ2n) is 5.36. The molecule has 1 heterocycles. The Balaban J connectivity index is 1.63. The number of likely N-dealkylation sites (N-methyl/N-ethyl adjacent to an activating group) is 1. The Bertz CT molecular complexity index is 653. The first-order valence-corrected chi connectivity index (χ1v) is 7.14. The summed E-state index contributed by atoms with van der Waals surface area (Å²) >= 11 is 0. The summed E-state index contributed by atoms with van der Waals surface area (Å²) < 4.78 is 10.8. The molecule has 0 bridgehead atoms. The number of amides is 1. The molecule has 0 radical (unpaired) electrons. The van der Waals surface area contributed by atoms with Gasteiger partial charge < -0.3 is 20.1 Å². The molecule has 1 atom stereocenters. The molecule has 2 N–H and O–H groups in total. The van der Waals surface area contributed by atoms with Crippen LogP contribution in [-0.4, -0.2) is 30.7 Å². The molecule has 1 amide bonds. The Hall–Kier alpha value is -2.69. The molecule has 1 aliphatic heterocycles. The SMILES string of the molecule is CN1C(=O)OC[C@@H]1Cc1ccc(Oc2ccc(N)cc2)cc1. The second-order valence-corrected chi connectivity index (χ2v) is 5.36. The highest BCUT2D eigenvalue weighted by Gasteiger charge is 2.29. The van der Waals surface area contributed by atoms with Crippen LogP contribution in [0.1, 0.15) is 5.56 Å². The van der Waals surface area contributed by atoms with Gasteiger partial charge >= 0.3 is 6.09 Å². The van der Waals surface area contributed by atoms with Crippen LogP contribution >= 0.6 is 0 Å². The molecule has 5 nitrogen and oxygen atoms in total. The van der Waals surface area contributed by atoms with Crippen LogP contribution in [0.25, 0.3) is 0 Å². The summed E-state index contributed by atoms with van der Waals surface area (Å²) in [4.78, 5) is 13.0. The minimum atomic E-state index is -0.256. The molecule has 3 rings (SSSR count). The molecule has 1 aliphatic rings. The summed E-state index contributed by atoms with van der Waals surface area (Å²) in [5, 5.41) is 0. The number of benzene rings is 2. The fourth-order valence-corrected chi connectivity index (χ4v) is 2.36. The summed E-state index contributed by atoms with van der Waals surface area (Å²) in [6.45, 7) is 0.443. The number of nitrogen functional groups attached to an aromatic ring is 1. The van der Waals surface area contributed by atoms with Gasteiger partial charge in [-0.25, -0.2) is 4.79 Å². The van der Waals surface area contributed by atoms with E-state index in [1.54, 1.807) is 24.1 Å². The molecule has 0 saturated carbocycles. The fraction of sp³-hybridized carbons (Fsp3) is 0.235. The Kier molecular flexibility index (Phi) is 3.87. The van der Waals surface area contributed by atoms with Crippen LogP contribution < -0.4 is 10.5 Å². The molecule has 0 spiro atoms. The number of rotatable bonds is 4. The lowest BCUT2D eigenvalue weighted by Gasteiger charge is -2.16. The Morgan fingerprint density at radius 3 is 2.27 bits per heavy atom. The van der Waals surface area contributed by atoms with E-state index in [1.165, 1.54) is 0 Å². The number of ether oxygens (including phenoxy) is 2. The second kappa shape index (κ2) is 5.97. The van der Waals surface area contributed by atoms with Gasteiger partial charge in [0, 0.05) is 12.7 Å². The number of carbonyl (C=O) groups is 1. The Morgan fingerprint density at radius 1 is 1.14 bits per heavy atom. The minimum Gasteiger partial charge on any atom is -0.457 e. The maximum absolute atomic E-state index is 11.3. The van der Waals surface area contributed by atoms with Crippen LogP contribution in [0.15, 0.2) is 48.5 Å². The van der Waals surface area contributed by atoms with E-state index in [0.717, 1.165) is 23.5 Å². The molecule has 114 valence electrons. The third-order valence-corrected chi connectivity index (χ3v) is 3.75. The van der Waals surface area contributed by atoms with Gasteiger partial charge in [-0.15, -0.1) is 0 Å². The van der Waals surface area contributed by atoms with Gasteiger partial charge in [-0.2, -0.15) is 0 Å². The molecule has 22 heavy (non-hydrogen) atoms. The zero-order valence-corrected chi connectivity index (χ0v) is 12.4. The largest absolute Gasteiger partial charge is 0.457 e. The van der Waals surface area contributed by atoms with Crippen LogP contribution in [0.2, 0.25) is 0 Å². The Labute approximate surface area is 129 Å². The molecule has 5 heteroatoms. The summed E-state index contributed by atoms with van der Waals surface area (Å²) in [6.07, 6.45) is 0.512. The molecular weight excluding hydrogens is 280 g/mol.